The Morgan fingerprint density at radius 2 is 1.71 bits per heavy atom. The summed E-state index contributed by atoms with van der Waals surface area (Å²) >= 11 is 0. The average molecular weight is 265 g/mol. The maximum Gasteiger partial charge on any atom is 0.251 e. The molecule has 0 saturated heterocycles. The molecular formula is C10H13F2NO3S. The van der Waals surface area contributed by atoms with Crippen LogP contribution in [0, 0.1) is 0 Å². The summed E-state index contributed by atoms with van der Waals surface area (Å²) in [5, 5.41) is 8.79. The third kappa shape index (κ3) is 5.20. The van der Waals surface area contributed by atoms with Gasteiger partial charge in [0.25, 0.3) is 6.43 Å². The normalized spacial score (nSPS) is 12.0. The molecule has 7 heteroatoms. The molecule has 1 aromatic rings. The van der Waals surface area contributed by atoms with Crippen LogP contribution in [0.1, 0.15) is 11.1 Å². The molecule has 0 fully saturated rings. The van der Waals surface area contributed by atoms with Crippen LogP contribution in [-0.2, 0) is 22.4 Å². The molecule has 0 aromatic heterocycles. The molecule has 0 unspecified atom stereocenters. The zero-order chi connectivity index (χ0) is 12.9. The number of halogens is 2. The second-order valence-corrected chi connectivity index (χ2v) is 5.28. The lowest BCUT2D eigenvalue weighted by molar-refractivity contribution is 0.153. The van der Waals surface area contributed by atoms with Crippen LogP contribution < -0.4 is 4.72 Å². The molecular weight excluding hydrogens is 252 g/mol. The fraction of sp³-hybridized carbons (Fsp3) is 0.400. The van der Waals surface area contributed by atoms with Gasteiger partial charge in [-0.25, -0.2) is 21.9 Å². The summed E-state index contributed by atoms with van der Waals surface area (Å²) in [6.07, 6.45) is -2.71. The molecule has 1 rings (SSSR count). The predicted octanol–water partition coefficient (Wildman–Crippen LogP) is 0.863. The lowest BCUT2D eigenvalue weighted by Crippen LogP contribution is -2.29. The molecule has 0 atom stereocenters. The summed E-state index contributed by atoms with van der Waals surface area (Å²) in [6.45, 7) is -1.01. The van der Waals surface area contributed by atoms with Gasteiger partial charge >= 0.3 is 0 Å². The molecule has 0 radical (unpaired) electrons. The van der Waals surface area contributed by atoms with Gasteiger partial charge in [0.1, 0.15) is 0 Å². The number of aliphatic hydroxyl groups is 1. The van der Waals surface area contributed by atoms with Crippen molar-refractivity contribution in [3.8, 4) is 0 Å². The summed E-state index contributed by atoms with van der Waals surface area (Å²) < 4.78 is 48.2. The van der Waals surface area contributed by atoms with Crippen LogP contribution in [0.2, 0.25) is 0 Å². The largest absolute Gasteiger partial charge is 0.392 e. The van der Waals surface area contributed by atoms with Crippen molar-refractivity contribution < 1.29 is 22.3 Å². The highest BCUT2D eigenvalue weighted by molar-refractivity contribution is 7.88. The molecule has 0 aliphatic rings. The van der Waals surface area contributed by atoms with Gasteiger partial charge in [-0.3, -0.25) is 0 Å². The SMILES string of the molecule is O=S(=O)(Cc1ccc(CO)cc1)NCC(F)F. The minimum Gasteiger partial charge on any atom is -0.392 e. The summed E-state index contributed by atoms with van der Waals surface area (Å²) in [6, 6.07) is 6.23. The Morgan fingerprint density at radius 3 is 2.18 bits per heavy atom. The van der Waals surface area contributed by atoms with E-state index in [0.717, 1.165) is 0 Å². The second kappa shape index (κ2) is 6.04. The quantitative estimate of drug-likeness (QED) is 0.802. The van der Waals surface area contributed by atoms with Crippen LogP contribution in [0.4, 0.5) is 8.78 Å². The van der Waals surface area contributed by atoms with E-state index in [2.05, 4.69) is 0 Å². The first-order valence-corrected chi connectivity index (χ1v) is 6.52. The standard InChI is InChI=1S/C10H13F2NO3S/c11-10(12)5-13-17(15,16)7-9-3-1-8(6-14)2-4-9/h1-4,10,13-14H,5-7H2. The van der Waals surface area contributed by atoms with E-state index in [-0.39, 0.29) is 12.4 Å². The molecule has 1 aromatic carbocycles. The van der Waals surface area contributed by atoms with Crippen molar-refractivity contribution in [3.05, 3.63) is 35.4 Å². The first-order valence-electron chi connectivity index (χ1n) is 4.87. The maximum atomic E-state index is 11.8. The minimum atomic E-state index is -3.74. The van der Waals surface area contributed by atoms with Crippen LogP contribution in [0.3, 0.4) is 0 Å². The third-order valence-electron chi connectivity index (χ3n) is 2.02. The summed E-state index contributed by atoms with van der Waals surface area (Å²) in [5.74, 6) is -0.356. The molecule has 0 saturated carbocycles. The Morgan fingerprint density at radius 1 is 1.18 bits per heavy atom. The monoisotopic (exact) mass is 265 g/mol. The fourth-order valence-electron chi connectivity index (χ4n) is 1.20. The van der Waals surface area contributed by atoms with Gasteiger partial charge < -0.3 is 5.11 Å². The first kappa shape index (κ1) is 14.0. The van der Waals surface area contributed by atoms with Crippen molar-refractivity contribution in [2.75, 3.05) is 6.54 Å². The van der Waals surface area contributed by atoms with Crippen LogP contribution in [-0.4, -0.2) is 26.5 Å². The average Bonchev–Trinajstić information content (AvgIpc) is 2.27. The topological polar surface area (TPSA) is 66.4 Å². The van der Waals surface area contributed by atoms with Crippen molar-refractivity contribution in [3.63, 3.8) is 0 Å². The van der Waals surface area contributed by atoms with E-state index in [9.17, 15) is 17.2 Å². The van der Waals surface area contributed by atoms with Crippen molar-refractivity contribution >= 4 is 10.0 Å². The van der Waals surface area contributed by atoms with Crippen LogP contribution in [0.25, 0.3) is 0 Å². The summed E-state index contributed by atoms with van der Waals surface area (Å²) in [7, 11) is -3.74. The predicted molar refractivity (Wildman–Crippen MR) is 59.0 cm³/mol. The van der Waals surface area contributed by atoms with Crippen LogP contribution in [0.15, 0.2) is 24.3 Å². The Kier molecular flexibility index (Phi) is 4.98. The number of nitrogens with one attached hydrogen (secondary N) is 1. The lowest BCUT2D eigenvalue weighted by atomic mass is 10.2. The van der Waals surface area contributed by atoms with Gasteiger partial charge in [0.05, 0.1) is 18.9 Å². The first-order chi connectivity index (χ1) is 7.93. The zero-order valence-corrected chi connectivity index (χ0v) is 9.75. The molecule has 96 valence electrons. The Bertz CT molecular complexity index is 445. The minimum absolute atomic E-state index is 0.128. The third-order valence-corrected chi connectivity index (χ3v) is 3.34. The summed E-state index contributed by atoms with van der Waals surface area (Å²) in [5.41, 5.74) is 1.13. The Balaban J connectivity index is 2.63. The Hall–Kier alpha value is -1.05. The number of alkyl halides is 2. The number of hydrogen-bond donors (Lipinski definition) is 2. The number of rotatable bonds is 6. The number of sulfonamides is 1. The smallest absolute Gasteiger partial charge is 0.251 e. The maximum absolute atomic E-state index is 11.8. The molecule has 0 heterocycles. The van der Waals surface area contributed by atoms with E-state index in [1.54, 1.807) is 12.1 Å². The zero-order valence-electron chi connectivity index (χ0n) is 8.94. The molecule has 0 spiro atoms. The van der Waals surface area contributed by atoms with E-state index in [4.69, 9.17) is 5.11 Å². The van der Waals surface area contributed by atoms with E-state index < -0.39 is 23.0 Å². The van der Waals surface area contributed by atoms with Gasteiger partial charge in [-0.1, -0.05) is 24.3 Å². The van der Waals surface area contributed by atoms with Crippen LogP contribution in [0.5, 0.6) is 0 Å². The van der Waals surface area contributed by atoms with Gasteiger partial charge in [0.2, 0.25) is 10.0 Å². The number of aliphatic hydroxyl groups excluding tert-OH is 1. The van der Waals surface area contributed by atoms with Gasteiger partial charge in [-0.05, 0) is 11.1 Å². The van der Waals surface area contributed by atoms with Gasteiger partial charge in [-0.2, -0.15) is 0 Å². The van der Waals surface area contributed by atoms with Crippen molar-refractivity contribution in [1.29, 1.82) is 0 Å². The molecule has 2 N–H and O–H groups in total. The highest BCUT2D eigenvalue weighted by Crippen LogP contribution is 2.08. The van der Waals surface area contributed by atoms with Gasteiger partial charge in [0, 0.05) is 0 Å². The van der Waals surface area contributed by atoms with E-state index in [1.807, 2.05) is 4.72 Å². The molecule has 4 nitrogen and oxygen atoms in total. The van der Waals surface area contributed by atoms with E-state index in [0.29, 0.717) is 11.1 Å². The number of hydrogen-bond acceptors (Lipinski definition) is 3. The van der Waals surface area contributed by atoms with Crippen molar-refractivity contribution in [1.82, 2.24) is 4.72 Å². The molecule has 0 amide bonds. The van der Waals surface area contributed by atoms with E-state index >= 15 is 0 Å². The molecule has 17 heavy (non-hydrogen) atoms. The summed E-state index contributed by atoms with van der Waals surface area (Å²) in [4.78, 5) is 0. The second-order valence-electron chi connectivity index (χ2n) is 3.47. The molecule has 0 aliphatic carbocycles. The fourth-order valence-corrected chi connectivity index (χ4v) is 2.31. The highest BCUT2D eigenvalue weighted by atomic mass is 32.2. The lowest BCUT2D eigenvalue weighted by Gasteiger charge is -2.06. The van der Waals surface area contributed by atoms with Crippen molar-refractivity contribution in [2.45, 2.75) is 18.8 Å². The van der Waals surface area contributed by atoms with Gasteiger partial charge in [0.15, 0.2) is 0 Å². The van der Waals surface area contributed by atoms with Crippen molar-refractivity contribution in [2.24, 2.45) is 0 Å². The van der Waals surface area contributed by atoms with Crippen LogP contribution >= 0.6 is 0 Å². The molecule has 0 bridgehead atoms. The molecule has 0 aliphatic heterocycles. The van der Waals surface area contributed by atoms with E-state index in [1.165, 1.54) is 12.1 Å². The van der Waals surface area contributed by atoms with Gasteiger partial charge in [-0.15, -0.1) is 0 Å². The highest BCUT2D eigenvalue weighted by Gasteiger charge is 2.13. The number of benzene rings is 1. The Labute approximate surface area is 98.3 Å².